The lowest BCUT2D eigenvalue weighted by Gasteiger charge is -2.25. The van der Waals surface area contributed by atoms with E-state index < -0.39 is 5.97 Å². The molecule has 0 spiro atoms. The van der Waals surface area contributed by atoms with Crippen LogP contribution in [-0.2, 0) is 11.3 Å². The van der Waals surface area contributed by atoms with Crippen molar-refractivity contribution >= 4 is 54.9 Å². The second-order valence-corrected chi connectivity index (χ2v) is 8.00. The van der Waals surface area contributed by atoms with Crippen molar-refractivity contribution < 1.29 is 9.90 Å². The van der Waals surface area contributed by atoms with E-state index in [0.717, 1.165) is 19.5 Å². The van der Waals surface area contributed by atoms with Gasteiger partial charge in [-0.15, -0.1) is 11.3 Å². The van der Waals surface area contributed by atoms with Gasteiger partial charge < -0.3 is 10.0 Å². The van der Waals surface area contributed by atoms with Crippen LogP contribution in [-0.4, -0.2) is 17.6 Å². The van der Waals surface area contributed by atoms with Crippen LogP contribution < -0.4 is 4.90 Å². The molecule has 0 aliphatic heterocycles. The third-order valence-electron chi connectivity index (χ3n) is 3.09. The standard InChI is InChI=1S/C15H15Br2NO2S/c1-10-4-2-3-5-13(10)18(7-6-14(19)20)9-11-8-12(16)15(17)21-11/h2-5,8H,6-7,9H2,1H3,(H,19,20). The van der Waals surface area contributed by atoms with Crippen LogP contribution in [0.5, 0.6) is 0 Å². The predicted octanol–water partition coefficient (Wildman–Crippen LogP) is 5.06. The minimum absolute atomic E-state index is 0.127. The molecule has 21 heavy (non-hydrogen) atoms. The molecule has 0 fully saturated rings. The normalized spacial score (nSPS) is 10.6. The van der Waals surface area contributed by atoms with Gasteiger partial charge in [0.2, 0.25) is 0 Å². The Balaban J connectivity index is 2.23. The molecule has 1 heterocycles. The van der Waals surface area contributed by atoms with Crippen LogP contribution in [0.1, 0.15) is 16.9 Å². The SMILES string of the molecule is Cc1ccccc1N(CCC(=O)O)Cc1cc(Br)c(Br)s1. The van der Waals surface area contributed by atoms with E-state index in [-0.39, 0.29) is 6.42 Å². The molecule has 0 amide bonds. The van der Waals surface area contributed by atoms with Crippen LogP contribution in [0.15, 0.2) is 38.6 Å². The van der Waals surface area contributed by atoms with E-state index >= 15 is 0 Å². The van der Waals surface area contributed by atoms with E-state index in [2.05, 4.69) is 42.8 Å². The van der Waals surface area contributed by atoms with Gasteiger partial charge in [0, 0.05) is 21.6 Å². The fraction of sp³-hybridized carbons (Fsp3) is 0.267. The maximum atomic E-state index is 10.9. The Morgan fingerprint density at radius 3 is 2.62 bits per heavy atom. The number of aryl methyl sites for hydroxylation is 1. The molecule has 0 saturated heterocycles. The van der Waals surface area contributed by atoms with E-state index in [0.29, 0.717) is 13.1 Å². The summed E-state index contributed by atoms with van der Waals surface area (Å²) >= 11 is 8.65. The molecule has 6 heteroatoms. The number of hydrogen-bond donors (Lipinski definition) is 1. The predicted molar refractivity (Wildman–Crippen MR) is 94.2 cm³/mol. The number of rotatable bonds is 6. The molecule has 2 rings (SSSR count). The van der Waals surface area contributed by atoms with Gasteiger partial charge in [0.15, 0.2) is 0 Å². The summed E-state index contributed by atoms with van der Waals surface area (Å²) in [5.74, 6) is -0.776. The second-order valence-electron chi connectivity index (χ2n) is 4.69. The fourth-order valence-electron chi connectivity index (χ4n) is 2.09. The number of hydrogen-bond acceptors (Lipinski definition) is 3. The highest BCUT2D eigenvalue weighted by Crippen LogP contribution is 2.34. The first-order valence-electron chi connectivity index (χ1n) is 6.43. The van der Waals surface area contributed by atoms with Crippen molar-refractivity contribution in [1.29, 1.82) is 0 Å². The first-order valence-corrected chi connectivity index (χ1v) is 8.83. The number of para-hydroxylation sites is 1. The molecule has 0 radical (unpaired) electrons. The molecular weight excluding hydrogens is 418 g/mol. The van der Waals surface area contributed by atoms with E-state index in [4.69, 9.17) is 5.11 Å². The first-order chi connectivity index (χ1) is 9.97. The summed E-state index contributed by atoms with van der Waals surface area (Å²) in [5, 5.41) is 8.95. The Morgan fingerprint density at radius 1 is 1.33 bits per heavy atom. The number of halogens is 2. The van der Waals surface area contributed by atoms with Gasteiger partial charge in [0.05, 0.1) is 16.8 Å². The van der Waals surface area contributed by atoms with Crippen LogP contribution in [0.4, 0.5) is 5.69 Å². The second kappa shape index (κ2) is 7.42. The average molecular weight is 433 g/mol. The Labute approximate surface area is 144 Å². The quantitative estimate of drug-likeness (QED) is 0.693. The highest BCUT2D eigenvalue weighted by molar-refractivity contribution is 9.13. The molecule has 0 aliphatic rings. The lowest BCUT2D eigenvalue weighted by atomic mass is 10.1. The zero-order valence-electron chi connectivity index (χ0n) is 11.5. The van der Waals surface area contributed by atoms with Gasteiger partial charge in [-0.25, -0.2) is 0 Å². The van der Waals surface area contributed by atoms with Crippen molar-refractivity contribution in [2.24, 2.45) is 0 Å². The average Bonchev–Trinajstić information content (AvgIpc) is 2.74. The summed E-state index contributed by atoms with van der Waals surface area (Å²) < 4.78 is 2.09. The van der Waals surface area contributed by atoms with Crippen molar-refractivity contribution in [2.75, 3.05) is 11.4 Å². The number of anilines is 1. The third-order valence-corrected chi connectivity index (χ3v) is 6.34. The first kappa shape index (κ1) is 16.5. The summed E-state index contributed by atoms with van der Waals surface area (Å²) in [4.78, 5) is 14.2. The van der Waals surface area contributed by atoms with Crippen molar-refractivity contribution in [2.45, 2.75) is 19.9 Å². The zero-order valence-corrected chi connectivity index (χ0v) is 15.5. The minimum Gasteiger partial charge on any atom is -0.481 e. The number of nitrogens with zero attached hydrogens (tertiary/aromatic N) is 1. The molecular formula is C15H15Br2NO2S. The maximum absolute atomic E-state index is 10.9. The van der Waals surface area contributed by atoms with E-state index in [1.165, 1.54) is 4.88 Å². The minimum atomic E-state index is -0.776. The molecule has 2 aromatic rings. The fourth-order valence-corrected chi connectivity index (χ4v) is 4.28. The maximum Gasteiger partial charge on any atom is 0.305 e. The molecule has 0 aliphatic carbocycles. The van der Waals surface area contributed by atoms with Gasteiger partial charge in [-0.05, 0) is 56.5 Å². The number of carboxylic acids is 1. The van der Waals surface area contributed by atoms with E-state index in [1.54, 1.807) is 11.3 Å². The van der Waals surface area contributed by atoms with Gasteiger partial charge in [0.25, 0.3) is 0 Å². The smallest absolute Gasteiger partial charge is 0.305 e. The van der Waals surface area contributed by atoms with Gasteiger partial charge in [-0.1, -0.05) is 18.2 Å². The summed E-state index contributed by atoms with van der Waals surface area (Å²) in [7, 11) is 0. The van der Waals surface area contributed by atoms with Gasteiger partial charge in [-0.3, -0.25) is 4.79 Å². The summed E-state index contributed by atoms with van der Waals surface area (Å²) in [5.41, 5.74) is 2.23. The topological polar surface area (TPSA) is 40.5 Å². The Bertz CT molecular complexity index is 623. The summed E-state index contributed by atoms with van der Waals surface area (Å²) in [6, 6.07) is 10.1. The largest absolute Gasteiger partial charge is 0.481 e. The summed E-state index contributed by atoms with van der Waals surface area (Å²) in [6.07, 6.45) is 0.127. The Morgan fingerprint density at radius 2 is 2.05 bits per heavy atom. The molecule has 1 aromatic carbocycles. The highest BCUT2D eigenvalue weighted by atomic mass is 79.9. The molecule has 1 aromatic heterocycles. The van der Waals surface area contributed by atoms with Crippen LogP contribution in [0.2, 0.25) is 0 Å². The number of carboxylic acid groups (broad SMARTS) is 1. The molecule has 1 N–H and O–H groups in total. The molecule has 0 unspecified atom stereocenters. The van der Waals surface area contributed by atoms with Crippen LogP contribution in [0, 0.1) is 6.92 Å². The lowest BCUT2D eigenvalue weighted by molar-refractivity contribution is -0.136. The van der Waals surface area contributed by atoms with Gasteiger partial charge in [-0.2, -0.15) is 0 Å². The molecule has 0 atom stereocenters. The monoisotopic (exact) mass is 431 g/mol. The summed E-state index contributed by atoms with van der Waals surface area (Å²) in [6.45, 7) is 3.24. The van der Waals surface area contributed by atoms with Crippen LogP contribution in [0.3, 0.4) is 0 Å². The lowest BCUT2D eigenvalue weighted by Crippen LogP contribution is -2.26. The zero-order chi connectivity index (χ0) is 15.4. The van der Waals surface area contributed by atoms with E-state index in [1.807, 2.05) is 31.2 Å². The molecule has 0 saturated carbocycles. The number of benzene rings is 1. The number of thiophene rings is 1. The van der Waals surface area contributed by atoms with Crippen LogP contribution in [0.25, 0.3) is 0 Å². The molecule has 3 nitrogen and oxygen atoms in total. The Kier molecular flexibility index (Phi) is 5.84. The van der Waals surface area contributed by atoms with Crippen molar-refractivity contribution in [1.82, 2.24) is 0 Å². The molecule has 0 bridgehead atoms. The third kappa shape index (κ3) is 4.56. The number of carbonyl (C=O) groups is 1. The van der Waals surface area contributed by atoms with Gasteiger partial charge >= 0.3 is 5.97 Å². The van der Waals surface area contributed by atoms with E-state index in [9.17, 15) is 4.79 Å². The molecule has 112 valence electrons. The van der Waals surface area contributed by atoms with Crippen molar-refractivity contribution in [3.8, 4) is 0 Å². The van der Waals surface area contributed by atoms with Crippen LogP contribution >= 0.6 is 43.2 Å². The van der Waals surface area contributed by atoms with Gasteiger partial charge in [0.1, 0.15) is 0 Å². The Hall–Kier alpha value is -0.850. The van der Waals surface area contributed by atoms with Crippen molar-refractivity contribution in [3.05, 3.63) is 49.0 Å². The highest BCUT2D eigenvalue weighted by Gasteiger charge is 2.14. The van der Waals surface area contributed by atoms with Crippen molar-refractivity contribution in [3.63, 3.8) is 0 Å². The number of aliphatic carboxylic acids is 1.